The van der Waals surface area contributed by atoms with Crippen LogP contribution >= 0.6 is 11.3 Å². The first-order valence-electron chi connectivity index (χ1n) is 6.50. The van der Waals surface area contributed by atoms with Crippen LogP contribution in [0.3, 0.4) is 0 Å². The second kappa shape index (κ2) is 7.14. The first-order chi connectivity index (χ1) is 10.9. The van der Waals surface area contributed by atoms with E-state index in [2.05, 4.69) is 15.6 Å². The Bertz CT molecular complexity index is 736. The zero-order valence-corrected chi connectivity index (χ0v) is 13.0. The number of esters is 1. The van der Waals surface area contributed by atoms with Gasteiger partial charge in [0.1, 0.15) is 16.6 Å². The summed E-state index contributed by atoms with van der Waals surface area (Å²) >= 11 is 1.20. The van der Waals surface area contributed by atoms with Gasteiger partial charge in [0, 0.05) is 13.1 Å². The van der Waals surface area contributed by atoms with Gasteiger partial charge in [-0.15, -0.1) is 11.3 Å². The molecule has 9 heteroatoms. The van der Waals surface area contributed by atoms with E-state index in [1.165, 1.54) is 23.8 Å². The molecule has 1 unspecified atom stereocenters. The Morgan fingerprint density at radius 3 is 2.78 bits per heavy atom. The number of amides is 1. The number of nitrogens with one attached hydrogen (secondary N) is 2. The molecule has 0 fully saturated rings. The number of hydrogen-bond donors (Lipinski definition) is 2. The van der Waals surface area contributed by atoms with Crippen molar-refractivity contribution in [2.45, 2.75) is 13.0 Å². The molecule has 2 rings (SSSR count). The maximum atomic E-state index is 13.5. The van der Waals surface area contributed by atoms with E-state index in [4.69, 9.17) is 4.74 Å². The third-order valence-electron chi connectivity index (χ3n) is 2.83. The van der Waals surface area contributed by atoms with E-state index in [1.807, 2.05) is 0 Å². The van der Waals surface area contributed by atoms with Crippen molar-refractivity contribution in [2.24, 2.45) is 0 Å². The summed E-state index contributed by atoms with van der Waals surface area (Å²) in [6, 6.07) is 2.65. The highest BCUT2D eigenvalue weighted by molar-refractivity contribution is 7.14. The van der Waals surface area contributed by atoms with Gasteiger partial charge in [-0.05, 0) is 19.1 Å². The molecule has 0 aliphatic carbocycles. The van der Waals surface area contributed by atoms with E-state index >= 15 is 0 Å². The van der Waals surface area contributed by atoms with Crippen molar-refractivity contribution in [3.05, 3.63) is 41.0 Å². The first-order valence-corrected chi connectivity index (χ1v) is 7.38. The third-order valence-corrected chi connectivity index (χ3v) is 3.67. The number of anilines is 2. The Kier molecular flexibility index (Phi) is 5.22. The molecule has 0 aliphatic heterocycles. The van der Waals surface area contributed by atoms with Gasteiger partial charge in [0.2, 0.25) is 0 Å². The van der Waals surface area contributed by atoms with Gasteiger partial charge in [0.05, 0.1) is 11.2 Å². The summed E-state index contributed by atoms with van der Waals surface area (Å²) in [5, 5.41) is 5.44. The van der Waals surface area contributed by atoms with Gasteiger partial charge < -0.3 is 15.4 Å². The van der Waals surface area contributed by atoms with Crippen LogP contribution < -0.4 is 10.6 Å². The monoisotopic (exact) mass is 341 g/mol. The number of aromatic nitrogens is 1. The lowest BCUT2D eigenvalue weighted by Crippen LogP contribution is -2.30. The zero-order valence-electron chi connectivity index (χ0n) is 12.2. The van der Waals surface area contributed by atoms with Crippen molar-refractivity contribution in [1.82, 2.24) is 4.98 Å². The van der Waals surface area contributed by atoms with E-state index in [1.54, 1.807) is 7.05 Å². The van der Waals surface area contributed by atoms with E-state index in [9.17, 15) is 18.4 Å². The van der Waals surface area contributed by atoms with Gasteiger partial charge in [0.25, 0.3) is 5.91 Å². The van der Waals surface area contributed by atoms with E-state index in [0.717, 1.165) is 18.2 Å². The number of halogens is 2. The fraction of sp³-hybridized carbons (Fsp3) is 0.214. The van der Waals surface area contributed by atoms with Gasteiger partial charge in [-0.3, -0.25) is 4.79 Å². The predicted molar refractivity (Wildman–Crippen MR) is 81.5 cm³/mol. The second-order valence-corrected chi connectivity index (χ2v) is 5.30. The Morgan fingerprint density at radius 1 is 1.35 bits per heavy atom. The summed E-state index contributed by atoms with van der Waals surface area (Å²) in [4.78, 5) is 27.7. The van der Waals surface area contributed by atoms with Crippen molar-refractivity contribution in [2.75, 3.05) is 17.7 Å². The van der Waals surface area contributed by atoms with Crippen molar-refractivity contribution in [3.63, 3.8) is 0 Å². The molecule has 6 nitrogen and oxygen atoms in total. The van der Waals surface area contributed by atoms with Crippen LogP contribution in [0, 0.1) is 11.6 Å². The van der Waals surface area contributed by atoms with Crippen LogP contribution in [0.2, 0.25) is 0 Å². The number of carbonyl (C=O) groups is 2. The molecular formula is C14H13F2N3O3S. The number of carbonyl (C=O) groups excluding carboxylic acids is 2. The standard InChI is InChI=1S/C14H13F2N3O3S/c1-7(22-14(21)11-13(17-2)23-6-18-11)12(20)19-10-5-8(15)3-4-9(10)16/h3-7,17H,1-2H3,(H,19,20). The average molecular weight is 341 g/mol. The Balaban J connectivity index is 2.02. The molecule has 0 aliphatic rings. The van der Waals surface area contributed by atoms with Crippen molar-refractivity contribution >= 4 is 33.9 Å². The lowest BCUT2D eigenvalue weighted by atomic mass is 10.2. The topological polar surface area (TPSA) is 80.3 Å². The lowest BCUT2D eigenvalue weighted by molar-refractivity contribution is -0.123. The zero-order chi connectivity index (χ0) is 17.0. The fourth-order valence-corrected chi connectivity index (χ4v) is 2.30. The average Bonchev–Trinajstić information content (AvgIpc) is 2.99. The molecule has 2 aromatic rings. The Morgan fingerprint density at radius 2 is 2.09 bits per heavy atom. The van der Waals surface area contributed by atoms with Crippen LogP contribution in [0.4, 0.5) is 19.5 Å². The minimum atomic E-state index is -1.21. The predicted octanol–water partition coefficient (Wildman–Crippen LogP) is 2.65. The van der Waals surface area contributed by atoms with Crippen LogP contribution in [-0.2, 0) is 9.53 Å². The smallest absolute Gasteiger partial charge is 0.360 e. The molecule has 0 spiro atoms. The molecule has 0 bridgehead atoms. The minimum absolute atomic E-state index is 0.0501. The van der Waals surface area contributed by atoms with Crippen LogP contribution in [0.25, 0.3) is 0 Å². The molecule has 2 N–H and O–H groups in total. The second-order valence-electron chi connectivity index (χ2n) is 4.44. The quantitative estimate of drug-likeness (QED) is 0.817. The lowest BCUT2D eigenvalue weighted by Gasteiger charge is -2.13. The van der Waals surface area contributed by atoms with E-state index in [-0.39, 0.29) is 11.4 Å². The summed E-state index contributed by atoms with van der Waals surface area (Å²) in [7, 11) is 1.62. The summed E-state index contributed by atoms with van der Waals surface area (Å²) in [5.74, 6) is -3.08. The molecule has 0 radical (unpaired) electrons. The summed E-state index contributed by atoms with van der Waals surface area (Å²) in [5.41, 5.74) is 1.17. The minimum Gasteiger partial charge on any atom is -0.448 e. The molecule has 0 saturated carbocycles. The molecule has 1 heterocycles. The summed E-state index contributed by atoms with van der Waals surface area (Å²) < 4.78 is 31.5. The molecule has 1 aromatic carbocycles. The molecular weight excluding hydrogens is 328 g/mol. The highest BCUT2D eigenvalue weighted by Crippen LogP contribution is 2.21. The van der Waals surface area contributed by atoms with Crippen LogP contribution in [-0.4, -0.2) is 30.0 Å². The fourth-order valence-electron chi connectivity index (χ4n) is 1.67. The van der Waals surface area contributed by atoms with Gasteiger partial charge in [0.15, 0.2) is 11.8 Å². The first kappa shape index (κ1) is 16.8. The summed E-state index contributed by atoms with van der Waals surface area (Å²) in [6.45, 7) is 1.32. The number of hydrogen-bond acceptors (Lipinski definition) is 6. The molecule has 23 heavy (non-hydrogen) atoms. The van der Waals surface area contributed by atoms with Gasteiger partial charge in [-0.25, -0.2) is 18.6 Å². The van der Waals surface area contributed by atoms with Crippen molar-refractivity contribution in [1.29, 1.82) is 0 Å². The summed E-state index contributed by atoms with van der Waals surface area (Å²) in [6.07, 6.45) is -1.21. The number of benzene rings is 1. The Hall–Kier alpha value is -2.55. The highest BCUT2D eigenvalue weighted by Gasteiger charge is 2.23. The molecule has 122 valence electrons. The van der Waals surface area contributed by atoms with Gasteiger partial charge in [-0.1, -0.05) is 0 Å². The Labute approximate surface area is 134 Å². The van der Waals surface area contributed by atoms with Crippen molar-refractivity contribution < 1.29 is 23.1 Å². The van der Waals surface area contributed by atoms with E-state index in [0.29, 0.717) is 5.00 Å². The molecule has 0 saturated heterocycles. The van der Waals surface area contributed by atoms with Crippen LogP contribution in [0.5, 0.6) is 0 Å². The highest BCUT2D eigenvalue weighted by atomic mass is 32.1. The number of thiazole rings is 1. The number of nitrogens with zero attached hydrogens (tertiary/aromatic N) is 1. The number of rotatable bonds is 5. The SMILES string of the molecule is CNc1scnc1C(=O)OC(C)C(=O)Nc1cc(F)ccc1F. The van der Waals surface area contributed by atoms with Gasteiger partial charge >= 0.3 is 5.97 Å². The van der Waals surface area contributed by atoms with Crippen LogP contribution in [0.15, 0.2) is 23.7 Å². The molecule has 1 amide bonds. The normalized spacial score (nSPS) is 11.7. The van der Waals surface area contributed by atoms with Crippen molar-refractivity contribution in [3.8, 4) is 0 Å². The maximum absolute atomic E-state index is 13.5. The van der Waals surface area contributed by atoms with Crippen LogP contribution in [0.1, 0.15) is 17.4 Å². The largest absolute Gasteiger partial charge is 0.448 e. The van der Waals surface area contributed by atoms with E-state index < -0.39 is 29.6 Å². The molecule has 1 aromatic heterocycles. The maximum Gasteiger partial charge on any atom is 0.360 e. The van der Waals surface area contributed by atoms with Gasteiger partial charge in [-0.2, -0.15) is 0 Å². The third kappa shape index (κ3) is 4.01. The molecule has 1 atom stereocenters. The number of ether oxygens (including phenoxy) is 1.